The Morgan fingerprint density at radius 2 is 2.02 bits per heavy atom. The summed E-state index contributed by atoms with van der Waals surface area (Å²) in [7, 11) is -4.99. The monoisotopic (exact) mass is 696 g/mol. The third kappa shape index (κ3) is 8.71. The van der Waals surface area contributed by atoms with Crippen LogP contribution in [0.5, 0.6) is 5.75 Å². The number of ketones is 1. The maximum absolute atomic E-state index is 13.3. The number of hydrogen-bond donors (Lipinski definition) is 5. The molecule has 0 bridgehead atoms. The van der Waals surface area contributed by atoms with Crippen LogP contribution in [0.3, 0.4) is 0 Å². The molecule has 256 valence electrons. The van der Waals surface area contributed by atoms with E-state index < -0.39 is 64.4 Å². The summed E-state index contributed by atoms with van der Waals surface area (Å²) in [4.78, 5) is 53.5. The number of aliphatic imine (C=N–C) groups is 1. The minimum atomic E-state index is -4.99. The van der Waals surface area contributed by atoms with Gasteiger partial charge in [-0.2, -0.15) is 13.5 Å². The molecule has 20 heteroatoms. The van der Waals surface area contributed by atoms with Gasteiger partial charge in [-0.25, -0.2) is 9.78 Å². The fraction of sp³-hybridized carbons (Fsp3) is 0.481. The first kappa shape index (κ1) is 35.5. The van der Waals surface area contributed by atoms with E-state index in [1.165, 1.54) is 19.2 Å². The minimum Gasteiger partial charge on any atom is -0.489 e. The number of β-lactam (4-membered cyclic amide) rings is 1. The van der Waals surface area contributed by atoms with Gasteiger partial charge in [-0.15, -0.1) is 15.6 Å². The molecule has 8 N–H and O–H groups in total. The van der Waals surface area contributed by atoms with Crippen LogP contribution in [0.4, 0.5) is 5.13 Å². The lowest BCUT2D eigenvalue weighted by molar-refractivity contribution is -0.228. The molecule has 1 aromatic carbocycles. The predicted molar refractivity (Wildman–Crippen MR) is 168 cm³/mol. The molecule has 2 atom stereocenters. The number of thiazole rings is 1. The number of aromatic nitrogens is 1. The van der Waals surface area contributed by atoms with Gasteiger partial charge < -0.3 is 36.8 Å². The Kier molecular flexibility index (Phi) is 11.0. The van der Waals surface area contributed by atoms with Crippen LogP contribution in [0, 0.1) is 5.92 Å². The molecule has 18 nitrogen and oxygen atoms in total. The van der Waals surface area contributed by atoms with E-state index in [-0.39, 0.29) is 10.8 Å². The Morgan fingerprint density at radius 3 is 2.64 bits per heavy atom. The highest BCUT2D eigenvalue weighted by molar-refractivity contribution is 7.80. The van der Waals surface area contributed by atoms with Gasteiger partial charge >= 0.3 is 16.4 Å². The summed E-state index contributed by atoms with van der Waals surface area (Å²) in [5.41, 5.74) is 17.6. The van der Waals surface area contributed by atoms with E-state index in [9.17, 15) is 27.9 Å². The van der Waals surface area contributed by atoms with Crippen molar-refractivity contribution in [3.63, 3.8) is 0 Å². The molecular weight excluding hydrogens is 660 g/mol. The van der Waals surface area contributed by atoms with Crippen molar-refractivity contribution in [1.29, 1.82) is 0 Å². The SMILES string of the molecule is CC1(C)[C@H](CC(=O)/C(=N\O[C@@H](COc2ccc3c(c2)CCN(C(N)=NCCCN)C3)C(=O)O)c2csc(N)n2)C(=O)N1OS(=O)(=O)O. The van der Waals surface area contributed by atoms with Gasteiger partial charge in [0.05, 0.1) is 11.5 Å². The third-order valence-electron chi connectivity index (χ3n) is 7.56. The van der Waals surface area contributed by atoms with Gasteiger partial charge in [0, 0.05) is 31.4 Å². The van der Waals surface area contributed by atoms with Crippen LogP contribution in [-0.4, -0.2) is 100 Å². The van der Waals surface area contributed by atoms with Crippen molar-refractivity contribution in [2.24, 2.45) is 27.5 Å². The van der Waals surface area contributed by atoms with E-state index in [2.05, 4.69) is 19.4 Å². The zero-order valence-corrected chi connectivity index (χ0v) is 27.2. The molecule has 2 aliphatic rings. The number of guanidine groups is 1. The van der Waals surface area contributed by atoms with Gasteiger partial charge in [0.15, 0.2) is 22.6 Å². The van der Waals surface area contributed by atoms with Crippen LogP contribution >= 0.6 is 11.3 Å². The highest BCUT2D eigenvalue weighted by atomic mass is 32.3. The van der Waals surface area contributed by atoms with Gasteiger partial charge in [0.2, 0.25) is 0 Å². The summed E-state index contributed by atoms with van der Waals surface area (Å²) in [6.07, 6.45) is -0.745. The number of hydroxylamine groups is 2. The van der Waals surface area contributed by atoms with Gasteiger partial charge in [-0.05, 0) is 56.5 Å². The zero-order chi connectivity index (χ0) is 34.5. The van der Waals surface area contributed by atoms with Crippen molar-refractivity contribution in [3.05, 3.63) is 40.4 Å². The van der Waals surface area contributed by atoms with E-state index in [1.807, 2.05) is 11.0 Å². The second-order valence-electron chi connectivity index (χ2n) is 11.2. The van der Waals surface area contributed by atoms with E-state index in [0.29, 0.717) is 49.4 Å². The van der Waals surface area contributed by atoms with Gasteiger partial charge in [0.1, 0.15) is 18.1 Å². The first-order valence-corrected chi connectivity index (χ1v) is 16.6. The van der Waals surface area contributed by atoms with Crippen molar-refractivity contribution >= 4 is 56.2 Å². The number of aliphatic carboxylic acids is 1. The molecule has 0 spiro atoms. The fourth-order valence-corrected chi connectivity index (χ4v) is 5.92. The number of ether oxygens (including phenoxy) is 1. The number of carbonyl (C=O) groups is 3. The summed E-state index contributed by atoms with van der Waals surface area (Å²) in [5, 5.41) is 15.5. The molecule has 1 saturated heterocycles. The number of fused-ring (bicyclic) bond motifs is 1. The van der Waals surface area contributed by atoms with Crippen molar-refractivity contribution in [1.82, 2.24) is 14.9 Å². The average molecular weight is 697 g/mol. The summed E-state index contributed by atoms with van der Waals surface area (Å²) in [6, 6.07) is 5.34. The number of carboxylic acid groups (broad SMARTS) is 1. The number of oxime groups is 1. The smallest absolute Gasteiger partial charge is 0.418 e. The summed E-state index contributed by atoms with van der Waals surface area (Å²) < 4.78 is 41.2. The summed E-state index contributed by atoms with van der Waals surface area (Å²) >= 11 is 0.987. The minimum absolute atomic E-state index is 0.0213. The van der Waals surface area contributed by atoms with Crippen molar-refractivity contribution in [2.75, 3.05) is 32.0 Å². The normalized spacial score (nSPS) is 18.7. The van der Waals surface area contributed by atoms with E-state index in [1.54, 1.807) is 12.1 Å². The number of nitrogens with zero attached hydrogens (tertiary/aromatic N) is 5. The van der Waals surface area contributed by atoms with Gasteiger partial charge in [0.25, 0.3) is 12.0 Å². The Labute approximate surface area is 274 Å². The third-order valence-corrected chi connectivity index (χ3v) is 8.57. The quantitative estimate of drug-likeness (QED) is 0.0407. The molecule has 2 aromatic rings. The number of nitrogen functional groups attached to an aromatic ring is 1. The first-order valence-electron chi connectivity index (χ1n) is 14.3. The van der Waals surface area contributed by atoms with Crippen LogP contribution in [0.25, 0.3) is 0 Å². The molecule has 0 unspecified atom stereocenters. The molecule has 1 aromatic heterocycles. The summed E-state index contributed by atoms with van der Waals surface area (Å²) in [5.74, 6) is -3.32. The van der Waals surface area contributed by atoms with Crippen LogP contribution in [-0.2, 0) is 46.9 Å². The van der Waals surface area contributed by atoms with Gasteiger partial charge in [-0.3, -0.25) is 19.1 Å². The molecule has 47 heavy (non-hydrogen) atoms. The topological polar surface area (TPSA) is 276 Å². The Morgan fingerprint density at radius 1 is 1.28 bits per heavy atom. The van der Waals surface area contributed by atoms with Crippen molar-refractivity contribution in [3.8, 4) is 5.75 Å². The number of hydrogen-bond acceptors (Lipinski definition) is 14. The summed E-state index contributed by atoms with van der Waals surface area (Å²) in [6.45, 7) is 4.65. The van der Waals surface area contributed by atoms with Crippen LogP contribution in [0.15, 0.2) is 33.7 Å². The second-order valence-corrected chi connectivity index (χ2v) is 13.1. The van der Waals surface area contributed by atoms with Crippen LogP contribution in [0.1, 0.15) is 43.5 Å². The molecule has 0 radical (unpaired) electrons. The van der Waals surface area contributed by atoms with Crippen molar-refractivity contribution < 1.29 is 46.3 Å². The number of benzene rings is 1. The number of Topliss-reactive ketones (excluding diaryl/α,β-unsaturated/α-hetero) is 1. The Hall–Kier alpha value is -4.37. The lowest BCUT2D eigenvalue weighted by atomic mass is 9.74. The molecule has 4 rings (SSSR count). The maximum atomic E-state index is 13.3. The molecule has 2 aliphatic heterocycles. The lowest BCUT2D eigenvalue weighted by Gasteiger charge is -2.50. The molecule has 1 fully saturated rings. The number of carboxylic acids is 1. The maximum Gasteiger partial charge on any atom is 0.418 e. The lowest BCUT2D eigenvalue weighted by Crippen LogP contribution is -2.68. The van der Waals surface area contributed by atoms with E-state index in [0.717, 1.165) is 28.9 Å². The zero-order valence-electron chi connectivity index (χ0n) is 25.6. The number of rotatable bonds is 15. The standard InChI is InChI=1S/C27H36N8O10S2/c1-27(2)18(23(37)35(27)45-47(40,41)42)11-20(36)22(19-14-46-26(30)32-19)33-44-21(24(38)39)13-43-17-5-4-16-12-34(9-6-15(16)10-17)25(29)31-8-3-7-28/h4-5,10,14,18,21H,3,6-9,11-13,28H2,1-2H3,(H2,29,31)(H2,30,32)(H,38,39)(H,40,41,42)/b33-22-/t18-,21+/m1/s1. The number of amides is 1. The number of carbonyl (C=O) groups excluding carboxylic acids is 2. The predicted octanol–water partition coefficient (Wildman–Crippen LogP) is -0.0696. The average Bonchev–Trinajstić information content (AvgIpc) is 3.44. The second kappa shape index (κ2) is 14.6. The number of nitrogens with two attached hydrogens (primary N) is 3. The molecule has 0 saturated carbocycles. The van der Waals surface area contributed by atoms with E-state index in [4.69, 9.17) is 31.3 Å². The molecular formula is C27H36N8O10S2. The highest BCUT2D eigenvalue weighted by Crippen LogP contribution is 2.40. The Bertz CT molecular complexity index is 1680. The van der Waals surface area contributed by atoms with Crippen LogP contribution < -0.4 is 21.9 Å². The first-order chi connectivity index (χ1) is 22.1. The molecule has 1 amide bonds. The number of anilines is 1. The highest BCUT2D eigenvalue weighted by Gasteiger charge is 2.57. The molecule has 0 aliphatic carbocycles. The largest absolute Gasteiger partial charge is 0.489 e. The fourth-order valence-electron chi connectivity index (χ4n) is 4.92. The van der Waals surface area contributed by atoms with Crippen LogP contribution in [0.2, 0.25) is 0 Å². The van der Waals surface area contributed by atoms with Gasteiger partial charge in [-0.1, -0.05) is 11.2 Å². The Balaban J connectivity index is 1.43. The van der Waals surface area contributed by atoms with Crippen molar-refractivity contribution in [2.45, 2.75) is 51.3 Å². The van der Waals surface area contributed by atoms with E-state index >= 15 is 0 Å². The molecule has 3 heterocycles.